The Morgan fingerprint density at radius 3 is 2.36 bits per heavy atom. The van der Waals surface area contributed by atoms with E-state index in [0.717, 1.165) is 0 Å². The number of hydrogen-bond acceptors (Lipinski definition) is 3. The van der Waals surface area contributed by atoms with Gasteiger partial charge in [-0.3, -0.25) is 4.55 Å². The zero-order chi connectivity index (χ0) is 11.2. The van der Waals surface area contributed by atoms with Crippen LogP contribution in [0, 0.1) is 0 Å². The molecule has 0 aliphatic heterocycles. The second-order valence-corrected chi connectivity index (χ2v) is 6.09. The highest BCUT2D eigenvalue weighted by Gasteiger charge is 2.13. The lowest BCUT2D eigenvalue weighted by Gasteiger charge is -2.08. The number of rotatable bonds is 7. The summed E-state index contributed by atoms with van der Waals surface area (Å²) >= 11 is -2.03. The van der Waals surface area contributed by atoms with Crippen molar-refractivity contribution in [2.45, 2.75) is 25.5 Å². The van der Waals surface area contributed by atoms with Gasteiger partial charge >= 0.3 is 0 Å². The Morgan fingerprint density at radius 1 is 1.36 bits per heavy atom. The number of hydrogen-bond donors (Lipinski definition) is 3. The predicted octanol–water partition coefficient (Wildman–Crippen LogP) is -0.569. The summed E-state index contributed by atoms with van der Waals surface area (Å²) in [6.45, 7) is 3.74. The zero-order valence-corrected chi connectivity index (χ0v) is 9.82. The summed E-state index contributed by atoms with van der Waals surface area (Å²) in [5, 5.41) is -0.456. The van der Waals surface area contributed by atoms with Crippen molar-refractivity contribution in [2.24, 2.45) is 0 Å². The summed E-state index contributed by atoms with van der Waals surface area (Å²) < 4.78 is 45.5. The van der Waals surface area contributed by atoms with Gasteiger partial charge in [0.15, 0.2) is 0 Å². The molecule has 0 aliphatic carbocycles. The summed E-state index contributed by atoms with van der Waals surface area (Å²) in [6.07, 6.45) is 0.470. The molecular formula is C6H16N2O4S2. The highest BCUT2D eigenvalue weighted by Crippen LogP contribution is 1.95. The molecule has 0 saturated carbocycles. The van der Waals surface area contributed by atoms with Gasteiger partial charge in [-0.1, -0.05) is 0 Å². The Kier molecular flexibility index (Phi) is 6.45. The molecule has 3 N–H and O–H groups in total. The fraction of sp³-hybridized carbons (Fsp3) is 1.00. The Morgan fingerprint density at radius 2 is 1.93 bits per heavy atom. The van der Waals surface area contributed by atoms with Crippen LogP contribution in [-0.2, 0) is 21.3 Å². The smallest absolute Gasteiger partial charge is 0.231 e. The SMILES string of the molecule is CC(C)S(=O)(=O)NCCCNS(=O)O. The van der Waals surface area contributed by atoms with Gasteiger partial charge in [-0.05, 0) is 20.3 Å². The van der Waals surface area contributed by atoms with Crippen molar-refractivity contribution in [1.82, 2.24) is 9.44 Å². The molecule has 14 heavy (non-hydrogen) atoms. The Hall–Kier alpha value is -0.0200. The third-order valence-corrected chi connectivity index (χ3v) is 3.80. The fourth-order valence-corrected chi connectivity index (χ4v) is 1.71. The van der Waals surface area contributed by atoms with E-state index in [1.54, 1.807) is 13.8 Å². The molecule has 0 spiro atoms. The minimum atomic E-state index is -3.22. The van der Waals surface area contributed by atoms with Gasteiger partial charge in [0.05, 0.1) is 5.25 Å². The van der Waals surface area contributed by atoms with Gasteiger partial charge in [-0.15, -0.1) is 0 Å². The molecule has 0 rings (SSSR count). The molecule has 0 heterocycles. The average Bonchev–Trinajstić information content (AvgIpc) is 2.02. The van der Waals surface area contributed by atoms with Crippen LogP contribution in [0.1, 0.15) is 20.3 Å². The van der Waals surface area contributed by atoms with Crippen molar-refractivity contribution in [3.05, 3.63) is 0 Å². The standard InChI is InChI=1S/C6H16N2O4S2/c1-6(2)14(11,12)8-5-3-4-7-13(9)10/h6-8H,3-5H2,1-2H3,(H,9,10). The van der Waals surface area contributed by atoms with E-state index in [0.29, 0.717) is 13.0 Å². The van der Waals surface area contributed by atoms with Crippen LogP contribution in [0.5, 0.6) is 0 Å². The maximum absolute atomic E-state index is 11.2. The highest BCUT2D eigenvalue weighted by atomic mass is 32.2. The molecule has 86 valence electrons. The molecular weight excluding hydrogens is 228 g/mol. The Balaban J connectivity index is 3.60. The molecule has 1 atom stereocenters. The molecule has 0 aromatic rings. The van der Waals surface area contributed by atoms with Crippen LogP contribution in [0.4, 0.5) is 0 Å². The zero-order valence-electron chi connectivity index (χ0n) is 8.19. The molecule has 0 amide bonds. The number of sulfonamides is 1. The van der Waals surface area contributed by atoms with Gasteiger partial charge in [0, 0.05) is 13.1 Å². The Labute approximate surface area is 86.9 Å². The average molecular weight is 244 g/mol. The molecule has 0 aliphatic rings. The maximum Gasteiger partial charge on any atom is 0.231 e. The van der Waals surface area contributed by atoms with Gasteiger partial charge in [0.2, 0.25) is 21.3 Å². The molecule has 0 aromatic carbocycles. The topological polar surface area (TPSA) is 95.5 Å². The van der Waals surface area contributed by atoms with E-state index >= 15 is 0 Å². The number of nitrogens with one attached hydrogen (secondary N) is 2. The lowest BCUT2D eigenvalue weighted by molar-refractivity contribution is 0.545. The van der Waals surface area contributed by atoms with Crippen LogP contribution in [-0.4, -0.2) is 35.5 Å². The van der Waals surface area contributed by atoms with E-state index in [-0.39, 0.29) is 6.54 Å². The van der Waals surface area contributed by atoms with Gasteiger partial charge in [0.1, 0.15) is 0 Å². The van der Waals surface area contributed by atoms with Crippen molar-refractivity contribution in [2.75, 3.05) is 13.1 Å². The first-order valence-electron chi connectivity index (χ1n) is 4.19. The van der Waals surface area contributed by atoms with Gasteiger partial charge < -0.3 is 0 Å². The second kappa shape index (κ2) is 6.46. The minimum Gasteiger partial charge on any atom is -0.294 e. The fourth-order valence-electron chi connectivity index (χ4n) is 0.629. The van der Waals surface area contributed by atoms with Crippen LogP contribution in [0.15, 0.2) is 0 Å². The van der Waals surface area contributed by atoms with Gasteiger partial charge in [-0.25, -0.2) is 22.1 Å². The van der Waals surface area contributed by atoms with Crippen molar-refractivity contribution in [3.8, 4) is 0 Å². The maximum atomic E-state index is 11.2. The van der Waals surface area contributed by atoms with Gasteiger partial charge in [0.25, 0.3) is 0 Å². The quantitative estimate of drug-likeness (QED) is 0.413. The van der Waals surface area contributed by atoms with E-state index in [1.807, 2.05) is 0 Å². The summed E-state index contributed by atoms with van der Waals surface area (Å²) in [5.41, 5.74) is 0. The summed E-state index contributed by atoms with van der Waals surface area (Å²) in [4.78, 5) is 0. The lowest BCUT2D eigenvalue weighted by Crippen LogP contribution is -2.33. The predicted molar refractivity (Wildman–Crippen MR) is 55.4 cm³/mol. The van der Waals surface area contributed by atoms with Crippen LogP contribution in [0.2, 0.25) is 0 Å². The molecule has 0 bridgehead atoms. The molecule has 6 nitrogen and oxygen atoms in total. The van der Waals surface area contributed by atoms with E-state index in [1.165, 1.54) is 0 Å². The molecule has 0 radical (unpaired) electrons. The molecule has 0 saturated heterocycles. The first kappa shape index (κ1) is 14.0. The van der Waals surface area contributed by atoms with Crippen molar-refractivity contribution >= 4 is 21.3 Å². The van der Waals surface area contributed by atoms with E-state index < -0.39 is 26.5 Å². The normalized spacial score (nSPS) is 14.6. The first-order chi connectivity index (χ1) is 6.36. The third kappa shape index (κ3) is 6.44. The Bertz CT molecular complexity index is 276. The molecule has 0 fully saturated rings. The third-order valence-electron chi connectivity index (χ3n) is 1.50. The van der Waals surface area contributed by atoms with Crippen LogP contribution in [0.3, 0.4) is 0 Å². The highest BCUT2D eigenvalue weighted by molar-refractivity contribution is 7.90. The molecule has 0 aromatic heterocycles. The summed E-state index contributed by atoms with van der Waals surface area (Å²) in [7, 11) is -3.22. The van der Waals surface area contributed by atoms with Crippen molar-refractivity contribution < 1.29 is 17.2 Å². The van der Waals surface area contributed by atoms with Crippen LogP contribution in [0.25, 0.3) is 0 Å². The van der Waals surface area contributed by atoms with Crippen LogP contribution >= 0.6 is 0 Å². The van der Waals surface area contributed by atoms with E-state index in [4.69, 9.17) is 4.55 Å². The minimum absolute atomic E-state index is 0.269. The van der Waals surface area contributed by atoms with E-state index in [9.17, 15) is 12.6 Å². The van der Waals surface area contributed by atoms with Crippen molar-refractivity contribution in [3.63, 3.8) is 0 Å². The summed E-state index contributed by atoms with van der Waals surface area (Å²) in [6, 6.07) is 0. The van der Waals surface area contributed by atoms with E-state index in [2.05, 4.69) is 9.44 Å². The second-order valence-electron chi connectivity index (χ2n) is 2.99. The van der Waals surface area contributed by atoms with Gasteiger partial charge in [-0.2, -0.15) is 0 Å². The van der Waals surface area contributed by atoms with Crippen molar-refractivity contribution in [1.29, 1.82) is 0 Å². The summed E-state index contributed by atoms with van der Waals surface area (Å²) in [5.74, 6) is 0. The molecule has 8 heteroatoms. The monoisotopic (exact) mass is 244 g/mol. The largest absolute Gasteiger partial charge is 0.294 e. The lowest BCUT2D eigenvalue weighted by atomic mass is 10.4. The molecule has 1 unspecified atom stereocenters. The first-order valence-corrected chi connectivity index (χ1v) is 6.84. The van der Waals surface area contributed by atoms with Crippen LogP contribution < -0.4 is 9.44 Å².